The van der Waals surface area contributed by atoms with Crippen LogP contribution in [-0.2, 0) is 4.79 Å². The van der Waals surface area contributed by atoms with Crippen molar-refractivity contribution in [2.24, 2.45) is 11.8 Å². The topological polar surface area (TPSA) is 41.1 Å². The Labute approximate surface area is 98.4 Å². The molecule has 1 atom stereocenters. The predicted molar refractivity (Wildman–Crippen MR) is 65.2 cm³/mol. The molecule has 1 unspecified atom stereocenters. The summed E-state index contributed by atoms with van der Waals surface area (Å²) in [5, 5.41) is 6.43. The number of carbonyl (C=O) groups is 1. The van der Waals surface area contributed by atoms with E-state index in [4.69, 9.17) is 0 Å². The van der Waals surface area contributed by atoms with Crippen LogP contribution < -0.4 is 10.6 Å². The molecule has 3 nitrogen and oxygen atoms in total. The molecule has 1 aliphatic carbocycles. The van der Waals surface area contributed by atoms with Gasteiger partial charge >= 0.3 is 0 Å². The molecule has 0 bridgehead atoms. The van der Waals surface area contributed by atoms with Crippen molar-refractivity contribution < 1.29 is 4.79 Å². The van der Waals surface area contributed by atoms with Gasteiger partial charge < -0.3 is 10.6 Å². The Balaban J connectivity index is 1.53. The first-order valence-corrected chi connectivity index (χ1v) is 6.82. The van der Waals surface area contributed by atoms with E-state index < -0.39 is 0 Å². The lowest BCUT2D eigenvalue weighted by molar-refractivity contribution is -0.121. The number of amides is 1. The lowest BCUT2D eigenvalue weighted by Crippen LogP contribution is -2.28. The van der Waals surface area contributed by atoms with Crippen molar-refractivity contribution in [3.8, 4) is 0 Å². The van der Waals surface area contributed by atoms with E-state index in [0.717, 1.165) is 44.3 Å². The monoisotopic (exact) mass is 224 g/mol. The van der Waals surface area contributed by atoms with Gasteiger partial charge in [-0.05, 0) is 50.6 Å². The summed E-state index contributed by atoms with van der Waals surface area (Å²) in [6.07, 6.45) is 8.36. The molecule has 1 amide bonds. The molecule has 2 N–H and O–H groups in total. The van der Waals surface area contributed by atoms with Gasteiger partial charge in [0.25, 0.3) is 0 Å². The number of hydrogen-bond donors (Lipinski definition) is 2. The van der Waals surface area contributed by atoms with Crippen molar-refractivity contribution in [2.45, 2.75) is 44.9 Å². The third kappa shape index (κ3) is 3.78. The van der Waals surface area contributed by atoms with Gasteiger partial charge in [0.1, 0.15) is 0 Å². The summed E-state index contributed by atoms with van der Waals surface area (Å²) < 4.78 is 0. The van der Waals surface area contributed by atoms with Crippen LogP contribution in [0.4, 0.5) is 0 Å². The molecule has 0 spiro atoms. The minimum atomic E-state index is 0.263. The van der Waals surface area contributed by atoms with Crippen LogP contribution in [0.1, 0.15) is 44.9 Å². The molecule has 1 heterocycles. The molecule has 1 saturated carbocycles. The Bertz CT molecular complexity index is 196. The number of nitrogens with one attached hydrogen (secondary N) is 2. The van der Waals surface area contributed by atoms with Crippen LogP contribution in [0.2, 0.25) is 0 Å². The first kappa shape index (κ1) is 11.9. The highest BCUT2D eigenvalue weighted by atomic mass is 16.1. The average molecular weight is 224 g/mol. The van der Waals surface area contributed by atoms with E-state index in [1.54, 1.807) is 0 Å². The lowest BCUT2D eigenvalue weighted by atomic mass is 10.0. The fourth-order valence-corrected chi connectivity index (χ4v) is 2.86. The van der Waals surface area contributed by atoms with Crippen LogP contribution >= 0.6 is 0 Å². The first-order valence-electron chi connectivity index (χ1n) is 6.82. The molecule has 2 fully saturated rings. The summed E-state index contributed by atoms with van der Waals surface area (Å²) in [5.74, 6) is 1.76. The SMILES string of the molecule is O=C(CCC1CCNC1)NCC1CCCC1. The molecule has 2 rings (SSSR count). The van der Waals surface area contributed by atoms with Crippen molar-refractivity contribution >= 4 is 5.91 Å². The van der Waals surface area contributed by atoms with Crippen LogP contribution in [0.25, 0.3) is 0 Å². The molecule has 0 aromatic carbocycles. The van der Waals surface area contributed by atoms with Gasteiger partial charge in [-0.1, -0.05) is 12.8 Å². The van der Waals surface area contributed by atoms with Crippen molar-refractivity contribution in [1.29, 1.82) is 0 Å². The molecular formula is C13H24N2O. The molecule has 0 radical (unpaired) electrons. The third-order valence-electron chi connectivity index (χ3n) is 4.00. The molecule has 1 saturated heterocycles. The number of rotatable bonds is 5. The van der Waals surface area contributed by atoms with Gasteiger partial charge in [-0.2, -0.15) is 0 Å². The van der Waals surface area contributed by atoms with E-state index >= 15 is 0 Å². The molecule has 0 aromatic heterocycles. The highest BCUT2D eigenvalue weighted by Crippen LogP contribution is 2.23. The highest BCUT2D eigenvalue weighted by molar-refractivity contribution is 5.75. The van der Waals surface area contributed by atoms with E-state index in [-0.39, 0.29) is 5.91 Å². The molecule has 3 heteroatoms. The maximum Gasteiger partial charge on any atom is 0.220 e. The van der Waals surface area contributed by atoms with Gasteiger partial charge in [0.15, 0.2) is 0 Å². The zero-order valence-corrected chi connectivity index (χ0v) is 10.1. The smallest absolute Gasteiger partial charge is 0.220 e. The summed E-state index contributed by atoms with van der Waals surface area (Å²) in [6, 6.07) is 0. The van der Waals surface area contributed by atoms with E-state index in [0.29, 0.717) is 0 Å². The van der Waals surface area contributed by atoms with Crippen LogP contribution in [0.3, 0.4) is 0 Å². The minimum absolute atomic E-state index is 0.263. The van der Waals surface area contributed by atoms with Crippen molar-refractivity contribution in [3.63, 3.8) is 0 Å². The van der Waals surface area contributed by atoms with E-state index in [1.807, 2.05) is 0 Å². The molecular weight excluding hydrogens is 200 g/mol. The van der Waals surface area contributed by atoms with Gasteiger partial charge in [-0.15, -0.1) is 0 Å². The average Bonchev–Trinajstić information content (AvgIpc) is 2.96. The lowest BCUT2D eigenvalue weighted by Gasteiger charge is -2.11. The Morgan fingerprint density at radius 3 is 2.69 bits per heavy atom. The summed E-state index contributed by atoms with van der Waals surface area (Å²) in [7, 11) is 0. The first-order chi connectivity index (χ1) is 7.84. The van der Waals surface area contributed by atoms with Gasteiger partial charge in [-0.3, -0.25) is 4.79 Å². The Morgan fingerprint density at radius 1 is 1.19 bits per heavy atom. The molecule has 1 aliphatic heterocycles. The highest BCUT2D eigenvalue weighted by Gasteiger charge is 2.17. The van der Waals surface area contributed by atoms with E-state index in [2.05, 4.69) is 10.6 Å². The predicted octanol–water partition coefficient (Wildman–Crippen LogP) is 1.68. The second-order valence-electron chi connectivity index (χ2n) is 5.35. The van der Waals surface area contributed by atoms with Gasteiger partial charge in [0.05, 0.1) is 0 Å². The van der Waals surface area contributed by atoms with Crippen molar-refractivity contribution in [2.75, 3.05) is 19.6 Å². The summed E-state index contributed by atoms with van der Waals surface area (Å²) in [5.41, 5.74) is 0. The Morgan fingerprint density at radius 2 is 2.00 bits per heavy atom. The fraction of sp³-hybridized carbons (Fsp3) is 0.923. The zero-order chi connectivity index (χ0) is 11.2. The molecule has 0 aromatic rings. The van der Waals surface area contributed by atoms with Crippen molar-refractivity contribution in [3.05, 3.63) is 0 Å². The van der Waals surface area contributed by atoms with Crippen LogP contribution in [-0.4, -0.2) is 25.5 Å². The maximum absolute atomic E-state index is 11.6. The standard InChI is InChI=1S/C13H24N2O/c16-13(6-5-12-7-8-14-9-12)15-10-11-3-1-2-4-11/h11-12,14H,1-10H2,(H,15,16). The van der Waals surface area contributed by atoms with Gasteiger partial charge in [0, 0.05) is 13.0 Å². The van der Waals surface area contributed by atoms with Gasteiger partial charge in [0.2, 0.25) is 5.91 Å². The molecule has 92 valence electrons. The largest absolute Gasteiger partial charge is 0.356 e. The van der Waals surface area contributed by atoms with Crippen LogP contribution in [0.15, 0.2) is 0 Å². The van der Waals surface area contributed by atoms with E-state index in [1.165, 1.54) is 32.1 Å². The quantitative estimate of drug-likeness (QED) is 0.746. The molecule has 16 heavy (non-hydrogen) atoms. The van der Waals surface area contributed by atoms with Crippen molar-refractivity contribution in [1.82, 2.24) is 10.6 Å². The second-order valence-corrected chi connectivity index (χ2v) is 5.35. The molecule has 2 aliphatic rings. The summed E-state index contributed by atoms with van der Waals surface area (Å²) in [6.45, 7) is 3.16. The number of hydrogen-bond acceptors (Lipinski definition) is 2. The normalized spacial score (nSPS) is 26.1. The summed E-state index contributed by atoms with van der Waals surface area (Å²) in [4.78, 5) is 11.6. The number of carbonyl (C=O) groups excluding carboxylic acids is 1. The van der Waals surface area contributed by atoms with Crippen LogP contribution in [0, 0.1) is 11.8 Å². The second kappa shape index (κ2) is 6.24. The Hall–Kier alpha value is -0.570. The van der Waals surface area contributed by atoms with Crippen LogP contribution in [0.5, 0.6) is 0 Å². The third-order valence-corrected chi connectivity index (χ3v) is 4.00. The maximum atomic E-state index is 11.6. The van der Waals surface area contributed by atoms with Gasteiger partial charge in [-0.25, -0.2) is 0 Å². The Kier molecular flexibility index (Phi) is 4.64. The zero-order valence-electron chi connectivity index (χ0n) is 10.1. The fourth-order valence-electron chi connectivity index (χ4n) is 2.86. The van der Waals surface area contributed by atoms with E-state index in [9.17, 15) is 4.79 Å². The summed E-state index contributed by atoms with van der Waals surface area (Å²) >= 11 is 0. The minimum Gasteiger partial charge on any atom is -0.356 e.